The Morgan fingerprint density at radius 3 is 2.44 bits per heavy atom. The van der Waals surface area contributed by atoms with Crippen molar-refractivity contribution in [2.45, 2.75) is 36.7 Å². The number of nitrogens with zero attached hydrogens (tertiary/aromatic N) is 2. The van der Waals surface area contributed by atoms with Crippen LogP contribution in [0.25, 0.3) is 0 Å². The summed E-state index contributed by atoms with van der Waals surface area (Å²) < 4.78 is 10.9. The van der Waals surface area contributed by atoms with Crippen LogP contribution in [0.3, 0.4) is 0 Å². The molecule has 1 heterocycles. The van der Waals surface area contributed by atoms with Gasteiger partial charge in [-0.05, 0) is 42.7 Å². The number of thioether (sulfide) groups is 1. The van der Waals surface area contributed by atoms with Gasteiger partial charge >= 0.3 is 0 Å². The number of carbonyl (C=O) groups is 1. The van der Waals surface area contributed by atoms with E-state index in [1.807, 2.05) is 25.1 Å². The Labute approximate surface area is 163 Å². The van der Waals surface area contributed by atoms with Crippen molar-refractivity contribution in [2.24, 2.45) is 0 Å². The second-order valence-electron chi connectivity index (χ2n) is 6.33. The van der Waals surface area contributed by atoms with E-state index in [4.69, 9.17) is 9.15 Å². The number of carbonyl (C=O) groups excluding carboxylic acids is 1. The fraction of sp³-hybridized carbons (Fsp3) is 0.286. The molecule has 2 aromatic carbocycles. The zero-order valence-electron chi connectivity index (χ0n) is 15.6. The maximum atomic E-state index is 12.6. The van der Waals surface area contributed by atoms with Crippen LogP contribution in [0.4, 0.5) is 0 Å². The summed E-state index contributed by atoms with van der Waals surface area (Å²) >= 11 is 1.28. The average molecular weight is 382 g/mol. The molecule has 0 bridgehead atoms. The van der Waals surface area contributed by atoms with E-state index in [1.165, 1.54) is 17.3 Å². The van der Waals surface area contributed by atoms with Gasteiger partial charge in [0, 0.05) is 12.0 Å². The molecule has 140 valence electrons. The van der Waals surface area contributed by atoms with Crippen molar-refractivity contribution in [3.8, 4) is 5.75 Å². The summed E-state index contributed by atoms with van der Waals surface area (Å²) in [7, 11) is 1.60. The maximum Gasteiger partial charge on any atom is 0.277 e. The van der Waals surface area contributed by atoms with Crippen LogP contribution in [0.5, 0.6) is 5.75 Å². The molecule has 3 rings (SSSR count). The first kappa shape index (κ1) is 19.2. The molecule has 1 aromatic heterocycles. The third-order valence-corrected chi connectivity index (χ3v) is 5.25. The third kappa shape index (κ3) is 4.98. The van der Waals surface area contributed by atoms with E-state index in [1.54, 1.807) is 31.4 Å². The van der Waals surface area contributed by atoms with Crippen LogP contribution < -0.4 is 4.74 Å². The Morgan fingerprint density at radius 1 is 1.07 bits per heavy atom. The molecule has 2 unspecified atom stereocenters. The zero-order chi connectivity index (χ0) is 19.2. The fourth-order valence-electron chi connectivity index (χ4n) is 2.72. The molecule has 0 spiro atoms. The van der Waals surface area contributed by atoms with Crippen molar-refractivity contribution in [1.29, 1.82) is 0 Å². The van der Waals surface area contributed by atoms with E-state index in [2.05, 4.69) is 29.3 Å². The highest BCUT2D eigenvalue weighted by Gasteiger charge is 2.20. The highest BCUT2D eigenvalue weighted by Crippen LogP contribution is 2.27. The first-order valence-electron chi connectivity index (χ1n) is 8.79. The van der Waals surface area contributed by atoms with Crippen LogP contribution in [0.1, 0.15) is 41.6 Å². The summed E-state index contributed by atoms with van der Waals surface area (Å²) in [5, 5.41) is 8.30. The van der Waals surface area contributed by atoms with E-state index in [-0.39, 0.29) is 17.0 Å². The summed E-state index contributed by atoms with van der Waals surface area (Å²) in [4.78, 5) is 12.6. The number of methoxy groups -OCH3 is 1. The Balaban J connectivity index is 1.60. The van der Waals surface area contributed by atoms with E-state index < -0.39 is 0 Å². The van der Waals surface area contributed by atoms with Crippen molar-refractivity contribution < 1.29 is 13.9 Å². The Morgan fingerprint density at radius 2 is 1.78 bits per heavy atom. The van der Waals surface area contributed by atoms with Crippen LogP contribution >= 0.6 is 11.8 Å². The minimum Gasteiger partial charge on any atom is -0.497 e. The number of benzene rings is 2. The molecule has 0 aliphatic carbocycles. The van der Waals surface area contributed by atoms with Gasteiger partial charge in [0.2, 0.25) is 5.89 Å². The molecule has 2 atom stereocenters. The zero-order valence-corrected chi connectivity index (χ0v) is 16.4. The molecule has 0 saturated carbocycles. The molecule has 0 aliphatic rings. The molecule has 0 amide bonds. The lowest BCUT2D eigenvalue weighted by atomic mass is 9.98. The van der Waals surface area contributed by atoms with Crippen molar-refractivity contribution >= 4 is 17.5 Å². The van der Waals surface area contributed by atoms with Gasteiger partial charge in [0.15, 0.2) is 5.78 Å². The summed E-state index contributed by atoms with van der Waals surface area (Å²) in [6.07, 6.45) is 0.665. The summed E-state index contributed by atoms with van der Waals surface area (Å²) in [6.45, 7) is 3.97. The van der Waals surface area contributed by atoms with Gasteiger partial charge in [-0.2, -0.15) is 0 Å². The maximum absolute atomic E-state index is 12.6. The molecular formula is C21H22N2O3S. The molecule has 6 heteroatoms. The predicted octanol–water partition coefficient (Wildman–Crippen LogP) is 4.79. The number of hydrogen-bond acceptors (Lipinski definition) is 6. The van der Waals surface area contributed by atoms with E-state index in [0.29, 0.717) is 23.1 Å². The minimum absolute atomic E-state index is 0.0139. The van der Waals surface area contributed by atoms with Gasteiger partial charge in [-0.25, -0.2) is 0 Å². The van der Waals surface area contributed by atoms with Crippen molar-refractivity contribution in [2.75, 3.05) is 7.11 Å². The van der Waals surface area contributed by atoms with Crippen molar-refractivity contribution in [1.82, 2.24) is 10.2 Å². The third-order valence-electron chi connectivity index (χ3n) is 4.32. The molecular weight excluding hydrogens is 360 g/mol. The SMILES string of the molecule is COc1ccc(C(=O)C(C)Sc2nnc(CC(C)c3ccccc3)o2)cc1. The monoisotopic (exact) mass is 382 g/mol. The fourth-order valence-corrected chi connectivity index (χ4v) is 3.50. The number of ketones is 1. The Hall–Kier alpha value is -2.60. The van der Waals surface area contributed by atoms with Crippen LogP contribution in [-0.4, -0.2) is 28.3 Å². The molecule has 0 saturated heterocycles. The predicted molar refractivity (Wildman–Crippen MR) is 106 cm³/mol. The van der Waals surface area contributed by atoms with Crippen molar-refractivity contribution in [3.63, 3.8) is 0 Å². The normalized spacial score (nSPS) is 13.1. The second-order valence-corrected chi connectivity index (χ2v) is 7.62. The molecule has 0 aliphatic heterocycles. The number of Topliss-reactive ketones (excluding diaryl/α,β-unsaturated/α-hetero) is 1. The van der Waals surface area contributed by atoms with Gasteiger partial charge in [0.25, 0.3) is 5.22 Å². The van der Waals surface area contributed by atoms with Gasteiger partial charge in [-0.1, -0.05) is 49.0 Å². The lowest BCUT2D eigenvalue weighted by molar-refractivity contribution is 0.0993. The standard InChI is InChI=1S/C21H22N2O3S/c1-14(16-7-5-4-6-8-16)13-19-22-23-21(26-19)27-15(2)20(24)17-9-11-18(25-3)12-10-17/h4-12,14-15H,13H2,1-3H3. The topological polar surface area (TPSA) is 65.2 Å². The van der Waals surface area contributed by atoms with E-state index in [0.717, 1.165) is 5.75 Å². The van der Waals surface area contributed by atoms with Crippen LogP contribution in [-0.2, 0) is 6.42 Å². The lowest BCUT2D eigenvalue weighted by Gasteiger charge is -2.09. The molecule has 27 heavy (non-hydrogen) atoms. The number of hydrogen-bond donors (Lipinski definition) is 0. The quantitative estimate of drug-likeness (QED) is 0.412. The van der Waals surface area contributed by atoms with Crippen LogP contribution in [0, 0.1) is 0 Å². The van der Waals surface area contributed by atoms with Gasteiger partial charge in [-0.15, -0.1) is 10.2 Å². The summed E-state index contributed by atoms with van der Waals surface area (Å²) in [5.41, 5.74) is 1.86. The first-order chi connectivity index (χ1) is 13.1. The average Bonchev–Trinajstić information content (AvgIpc) is 3.14. The van der Waals surface area contributed by atoms with E-state index >= 15 is 0 Å². The Bertz CT molecular complexity index is 878. The number of ether oxygens (including phenoxy) is 1. The Kier molecular flexibility index (Phi) is 6.29. The van der Waals surface area contributed by atoms with Crippen molar-refractivity contribution in [3.05, 3.63) is 71.6 Å². The van der Waals surface area contributed by atoms with Crippen LogP contribution in [0.15, 0.2) is 64.2 Å². The minimum atomic E-state index is -0.321. The smallest absolute Gasteiger partial charge is 0.277 e. The molecule has 3 aromatic rings. The first-order valence-corrected chi connectivity index (χ1v) is 9.67. The lowest BCUT2D eigenvalue weighted by Crippen LogP contribution is -2.13. The molecule has 0 fully saturated rings. The van der Waals surface area contributed by atoms with E-state index in [9.17, 15) is 4.79 Å². The molecule has 5 nitrogen and oxygen atoms in total. The largest absolute Gasteiger partial charge is 0.497 e. The molecule has 0 N–H and O–H groups in total. The second kappa shape index (κ2) is 8.86. The van der Waals surface area contributed by atoms with Gasteiger partial charge in [-0.3, -0.25) is 4.79 Å². The van der Waals surface area contributed by atoms with Gasteiger partial charge in [0.1, 0.15) is 5.75 Å². The highest BCUT2D eigenvalue weighted by molar-refractivity contribution is 8.00. The number of aromatic nitrogens is 2. The molecule has 0 radical (unpaired) electrons. The highest BCUT2D eigenvalue weighted by atomic mass is 32.2. The number of rotatable bonds is 8. The van der Waals surface area contributed by atoms with Gasteiger partial charge in [0.05, 0.1) is 12.4 Å². The van der Waals surface area contributed by atoms with Crippen LogP contribution in [0.2, 0.25) is 0 Å². The summed E-state index contributed by atoms with van der Waals surface area (Å²) in [6, 6.07) is 17.3. The van der Waals surface area contributed by atoms with Gasteiger partial charge < -0.3 is 9.15 Å². The summed E-state index contributed by atoms with van der Waals surface area (Å²) in [5.74, 6) is 1.60.